The van der Waals surface area contributed by atoms with Crippen LogP contribution in [0, 0.1) is 5.92 Å². The highest BCUT2D eigenvalue weighted by Gasteiger charge is 2.31. The average Bonchev–Trinajstić information content (AvgIpc) is 2.69. The van der Waals surface area contributed by atoms with E-state index in [4.69, 9.17) is 10.5 Å². The van der Waals surface area contributed by atoms with Crippen LogP contribution < -0.4 is 10.5 Å². The molecular weight excluding hydrogens is 423 g/mol. The van der Waals surface area contributed by atoms with Crippen molar-refractivity contribution in [2.45, 2.75) is 66.3 Å². The molecule has 0 radical (unpaired) electrons. The maximum atomic E-state index is 12.2. The Morgan fingerprint density at radius 1 is 1.12 bits per heavy atom. The van der Waals surface area contributed by atoms with E-state index in [-0.39, 0.29) is 17.8 Å². The monoisotopic (exact) mass is 457 g/mol. The van der Waals surface area contributed by atoms with E-state index in [1.165, 1.54) is 24.3 Å². The van der Waals surface area contributed by atoms with Gasteiger partial charge >= 0.3 is 12.5 Å². The molecule has 0 aliphatic carbocycles. The summed E-state index contributed by atoms with van der Waals surface area (Å²) in [4.78, 5) is 18.2. The van der Waals surface area contributed by atoms with Crippen molar-refractivity contribution in [3.05, 3.63) is 35.5 Å². The molecule has 1 fully saturated rings. The molecule has 9 heteroatoms. The van der Waals surface area contributed by atoms with E-state index in [1.54, 1.807) is 18.0 Å². The van der Waals surface area contributed by atoms with Gasteiger partial charge in [-0.15, -0.1) is 13.2 Å². The number of carbonyl (C=O) groups excluding carboxylic acids is 1. The van der Waals surface area contributed by atoms with Crippen LogP contribution in [0.1, 0.15) is 54.4 Å². The maximum absolute atomic E-state index is 12.2. The van der Waals surface area contributed by atoms with Gasteiger partial charge in [-0.3, -0.25) is 4.99 Å². The summed E-state index contributed by atoms with van der Waals surface area (Å²) in [5, 5.41) is 0. The van der Waals surface area contributed by atoms with Gasteiger partial charge in [-0.25, -0.2) is 4.79 Å². The van der Waals surface area contributed by atoms with Crippen LogP contribution in [-0.2, 0) is 4.74 Å². The summed E-state index contributed by atoms with van der Waals surface area (Å²) < 4.78 is 46.0. The van der Waals surface area contributed by atoms with Crippen LogP contribution in [0.2, 0.25) is 0 Å². The lowest BCUT2D eigenvalue weighted by molar-refractivity contribution is -0.274. The molecule has 0 unspecified atom stereocenters. The number of nitrogens with two attached hydrogens (primary N) is 1. The standard InChI is InChI=1S/C21H28F3N3O3.C2H6/c1-14(25)18(13-26-16-5-7-17(8-6-16)29-21(22,23)24)15-9-11-27(12-10-15)19(28)30-20(2,3)4;1-2/h5-8,13,15H,9-12,25H2,1-4H3;1-2H3/b18-14+,26-13?;. The number of alkyl halides is 3. The minimum Gasteiger partial charge on any atom is -0.444 e. The van der Waals surface area contributed by atoms with Crippen molar-refractivity contribution in [2.75, 3.05) is 13.1 Å². The fraction of sp³-hybridized carbons (Fsp3) is 0.565. The fourth-order valence-corrected chi connectivity index (χ4v) is 3.11. The van der Waals surface area contributed by atoms with E-state index >= 15 is 0 Å². The SMILES string of the molecule is C/C(N)=C(/C=Nc1ccc(OC(F)(F)F)cc1)C1CCN(C(=O)OC(C)(C)C)CC1.CC. The zero-order chi connectivity index (χ0) is 24.5. The van der Waals surface area contributed by atoms with Crippen molar-refractivity contribution in [3.63, 3.8) is 0 Å². The molecule has 1 heterocycles. The van der Waals surface area contributed by atoms with E-state index < -0.39 is 12.0 Å². The average molecular weight is 458 g/mol. The summed E-state index contributed by atoms with van der Waals surface area (Å²) in [5.41, 5.74) is 7.45. The number of hydrogen-bond donors (Lipinski definition) is 1. The molecule has 1 aromatic rings. The van der Waals surface area contributed by atoms with Crippen molar-refractivity contribution in [1.82, 2.24) is 4.90 Å². The van der Waals surface area contributed by atoms with Gasteiger partial charge in [0.25, 0.3) is 0 Å². The van der Waals surface area contributed by atoms with E-state index in [0.29, 0.717) is 37.3 Å². The minimum atomic E-state index is -4.73. The number of rotatable bonds is 4. The molecule has 6 nitrogen and oxygen atoms in total. The fourth-order valence-electron chi connectivity index (χ4n) is 3.11. The van der Waals surface area contributed by atoms with Crippen LogP contribution in [0.4, 0.5) is 23.7 Å². The lowest BCUT2D eigenvalue weighted by Gasteiger charge is -2.34. The second-order valence-corrected chi connectivity index (χ2v) is 8.18. The molecule has 2 N–H and O–H groups in total. The molecular formula is C23H34F3N3O3. The molecule has 0 spiro atoms. The van der Waals surface area contributed by atoms with Crippen molar-refractivity contribution >= 4 is 18.0 Å². The van der Waals surface area contributed by atoms with Gasteiger partial charge < -0.3 is 20.1 Å². The smallest absolute Gasteiger partial charge is 0.444 e. The predicted molar refractivity (Wildman–Crippen MR) is 120 cm³/mol. The summed E-state index contributed by atoms with van der Waals surface area (Å²) in [7, 11) is 0. The summed E-state index contributed by atoms with van der Waals surface area (Å²) in [6.07, 6.45) is -1.99. The van der Waals surface area contributed by atoms with Gasteiger partial charge in [0.15, 0.2) is 0 Å². The van der Waals surface area contributed by atoms with E-state index in [9.17, 15) is 18.0 Å². The van der Waals surface area contributed by atoms with Crippen molar-refractivity contribution in [1.29, 1.82) is 0 Å². The number of benzene rings is 1. The molecule has 2 rings (SSSR count). The Bertz CT molecular complexity index is 785. The van der Waals surface area contributed by atoms with Crippen LogP contribution >= 0.6 is 0 Å². The molecule has 0 aromatic heterocycles. The molecule has 1 aromatic carbocycles. The second kappa shape index (κ2) is 11.8. The highest BCUT2D eigenvalue weighted by Crippen LogP contribution is 2.28. The van der Waals surface area contributed by atoms with Crippen molar-refractivity contribution in [3.8, 4) is 5.75 Å². The van der Waals surface area contributed by atoms with Crippen LogP contribution in [0.3, 0.4) is 0 Å². The number of carbonyl (C=O) groups is 1. The number of piperidine rings is 1. The van der Waals surface area contributed by atoms with Gasteiger partial charge in [0.05, 0.1) is 5.69 Å². The molecule has 0 atom stereocenters. The minimum absolute atomic E-state index is 0.130. The molecule has 1 aliphatic rings. The Morgan fingerprint density at radius 3 is 2.09 bits per heavy atom. The lowest BCUT2D eigenvalue weighted by atomic mass is 9.88. The summed E-state index contributed by atoms with van der Waals surface area (Å²) in [5.74, 6) is -0.174. The number of hydrogen-bond acceptors (Lipinski definition) is 5. The third-order valence-corrected chi connectivity index (χ3v) is 4.46. The normalized spacial score (nSPS) is 16.2. The van der Waals surface area contributed by atoms with Crippen LogP contribution in [-0.4, -0.2) is 42.3 Å². The Hall–Kier alpha value is -2.71. The quantitative estimate of drug-likeness (QED) is 0.547. The first kappa shape index (κ1) is 27.3. The van der Waals surface area contributed by atoms with Crippen molar-refractivity contribution in [2.24, 2.45) is 16.6 Å². The summed E-state index contributed by atoms with van der Waals surface area (Å²) >= 11 is 0. The van der Waals surface area contributed by atoms with Gasteiger partial charge in [0, 0.05) is 25.0 Å². The number of allylic oxidation sites excluding steroid dienone is 2. The zero-order valence-corrected chi connectivity index (χ0v) is 19.6. The van der Waals surface area contributed by atoms with Crippen LogP contribution in [0.15, 0.2) is 40.5 Å². The van der Waals surface area contributed by atoms with Gasteiger partial charge in [-0.1, -0.05) is 13.8 Å². The highest BCUT2D eigenvalue weighted by atomic mass is 19.4. The first-order chi connectivity index (χ1) is 14.8. The predicted octanol–water partition coefficient (Wildman–Crippen LogP) is 6.19. The van der Waals surface area contributed by atoms with Gasteiger partial charge in [0.2, 0.25) is 0 Å². The van der Waals surface area contributed by atoms with Gasteiger partial charge in [0.1, 0.15) is 11.4 Å². The topological polar surface area (TPSA) is 77.2 Å². The number of aliphatic imine (C=N–C) groups is 1. The molecule has 180 valence electrons. The molecule has 0 bridgehead atoms. The number of amides is 1. The number of ether oxygens (including phenoxy) is 2. The first-order valence-electron chi connectivity index (χ1n) is 10.7. The summed E-state index contributed by atoms with van der Waals surface area (Å²) in [6.45, 7) is 12.4. The molecule has 32 heavy (non-hydrogen) atoms. The zero-order valence-electron chi connectivity index (χ0n) is 19.6. The Morgan fingerprint density at radius 2 is 1.66 bits per heavy atom. The largest absolute Gasteiger partial charge is 0.573 e. The van der Waals surface area contributed by atoms with Gasteiger partial charge in [-0.05, 0) is 76.3 Å². The van der Waals surface area contributed by atoms with E-state index in [1.807, 2.05) is 34.6 Å². The second-order valence-electron chi connectivity index (χ2n) is 8.18. The number of halogens is 3. The van der Waals surface area contributed by atoms with E-state index in [0.717, 1.165) is 5.57 Å². The van der Waals surface area contributed by atoms with Crippen LogP contribution in [0.25, 0.3) is 0 Å². The van der Waals surface area contributed by atoms with Crippen molar-refractivity contribution < 1.29 is 27.4 Å². The number of nitrogens with zero attached hydrogens (tertiary/aromatic N) is 2. The maximum Gasteiger partial charge on any atom is 0.573 e. The molecule has 1 saturated heterocycles. The Kier molecular flexibility index (Phi) is 10.1. The van der Waals surface area contributed by atoms with E-state index in [2.05, 4.69) is 9.73 Å². The molecule has 0 saturated carbocycles. The first-order valence-corrected chi connectivity index (χ1v) is 10.7. The third-order valence-electron chi connectivity index (χ3n) is 4.46. The Balaban J connectivity index is 0.00000249. The molecule has 1 amide bonds. The van der Waals surface area contributed by atoms with Gasteiger partial charge in [-0.2, -0.15) is 0 Å². The number of likely N-dealkylation sites (tertiary alicyclic amines) is 1. The van der Waals surface area contributed by atoms with Crippen LogP contribution in [0.5, 0.6) is 5.75 Å². The molecule has 1 aliphatic heterocycles. The highest BCUT2D eigenvalue weighted by molar-refractivity contribution is 5.82. The Labute approximate surface area is 188 Å². The third kappa shape index (κ3) is 9.62. The summed E-state index contributed by atoms with van der Waals surface area (Å²) in [6, 6.07) is 5.29. The lowest BCUT2D eigenvalue weighted by Crippen LogP contribution is -2.42.